The molecule has 2 amide bonds. The zero-order chi connectivity index (χ0) is 19.4. The van der Waals surface area contributed by atoms with Gasteiger partial charge in [-0.05, 0) is 50.2 Å². The molecule has 2 aromatic heterocycles. The Morgan fingerprint density at radius 1 is 1.07 bits per heavy atom. The Kier molecular flexibility index (Phi) is 5.30. The van der Waals surface area contributed by atoms with Gasteiger partial charge in [0.2, 0.25) is 0 Å². The number of benzene rings is 1. The summed E-state index contributed by atoms with van der Waals surface area (Å²) in [6.07, 6.45) is 3.32. The fourth-order valence-corrected chi connectivity index (χ4v) is 2.70. The maximum atomic E-state index is 12.5. The molecule has 0 spiro atoms. The Morgan fingerprint density at radius 3 is 2.41 bits per heavy atom. The van der Waals surface area contributed by atoms with Crippen LogP contribution in [-0.4, -0.2) is 26.6 Å². The molecule has 138 valence electrons. The van der Waals surface area contributed by atoms with Crippen LogP contribution in [0, 0.1) is 6.92 Å². The third-order valence-electron chi connectivity index (χ3n) is 4.39. The van der Waals surface area contributed by atoms with Crippen molar-refractivity contribution >= 4 is 17.5 Å². The molecular weight excluding hydrogens is 342 g/mol. The van der Waals surface area contributed by atoms with E-state index in [0.29, 0.717) is 16.9 Å². The molecule has 0 aliphatic rings. The van der Waals surface area contributed by atoms with Gasteiger partial charge in [-0.15, -0.1) is 0 Å². The lowest BCUT2D eigenvalue weighted by Gasteiger charge is -2.14. The van der Waals surface area contributed by atoms with Crippen LogP contribution in [0.5, 0.6) is 0 Å². The highest BCUT2D eigenvalue weighted by Gasteiger charge is 2.16. The Bertz CT molecular complexity index is 948. The lowest BCUT2D eigenvalue weighted by atomic mass is 10.1. The second kappa shape index (κ2) is 7.82. The van der Waals surface area contributed by atoms with Crippen molar-refractivity contribution in [3.8, 4) is 0 Å². The van der Waals surface area contributed by atoms with E-state index in [1.54, 1.807) is 59.5 Å². The highest BCUT2D eigenvalue weighted by Crippen LogP contribution is 2.17. The van der Waals surface area contributed by atoms with Crippen molar-refractivity contribution in [3.05, 3.63) is 77.4 Å². The van der Waals surface area contributed by atoms with E-state index < -0.39 is 0 Å². The third-order valence-corrected chi connectivity index (χ3v) is 4.39. The van der Waals surface area contributed by atoms with Gasteiger partial charge >= 0.3 is 0 Å². The molecule has 0 radical (unpaired) electrons. The predicted molar refractivity (Wildman–Crippen MR) is 102 cm³/mol. The van der Waals surface area contributed by atoms with Crippen LogP contribution in [-0.2, 0) is 7.05 Å². The van der Waals surface area contributed by atoms with Crippen molar-refractivity contribution in [2.75, 3.05) is 5.32 Å². The first-order valence-corrected chi connectivity index (χ1v) is 8.57. The minimum absolute atomic E-state index is 0.158. The minimum Gasteiger partial charge on any atom is -0.345 e. The minimum atomic E-state index is -0.298. The molecule has 3 rings (SSSR count). The second-order valence-electron chi connectivity index (χ2n) is 6.25. The van der Waals surface area contributed by atoms with Gasteiger partial charge in [0.05, 0.1) is 12.2 Å². The summed E-state index contributed by atoms with van der Waals surface area (Å²) in [4.78, 5) is 28.6. The molecule has 0 aliphatic heterocycles. The van der Waals surface area contributed by atoms with E-state index >= 15 is 0 Å². The van der Waals surface area contributed by atoms with Crippen molar-refractivity contribution < 1.29 is 9.59 Å². The summed E-state index contributed by atoms with van der Waals surface area (Å²) in [5.41, 5.74) is 3.43. The molecule has 7 nitrogen and oxygen atoms in total. The molecule has 27 heavy (non-hydrogen) atoms. The van der Waals surface area contributed by atoms with E-state index in [1.165, 1.54) is 0 Å². The number of anilines is 1. The number of aryl methyl sites for hydroxylation is 1. The molecule has 1 atom stereocenters. The Balaban J connectivity index is 1.63. The van der Waals surface area contributed by atoms with Gasteiger partial charge in [0, 0.05) is 35.8 Å². The molecule has 0 unspecified atom stereocenters. The van der Waals surface area contributed by atoms with E-state index in [1.807, 2.05) is 20.9 Å². The molecule has 0 saturated carbocycles. The van der Waals surface area contributed by atoms with Crippen LogP contribution in [0.15, 0.2) is 54.9 Å². The summed E-state index contributed by atoms with van der Waals surface area (Å²) in [6.45, 7) is 3.88. The zero-order valence-corrected chi connectivity index (χ0v) is 15.4. The summed E-state index contributed by atoms with van der Waals surface area (Å²) < 4.78 is 1.77. The van der Waals surface area contributed by atoms with Crippen LogP contribution in [0.25, 0.3) is 0 Å². The fourth-order valence-electron chi connectivity index (χ4n) is 2.70. The summed E-state index contributed by atoms with van der Waals surface area (Å²) in [5, 5.41) is 9.92. The van der Waals surface area contributed by atoms with Crippen LogP contribution < -0.4 is 10.6 Å². The topological polar surface area (TPSA) is 88.9 Å². The van der Waals surface area contributed by atoms with E-state index in [0.717, 1.165) is 11.3 Å². The lowest BCUT2D eigenvalue weighted by Crippen LogP contribution is -2.27. The van der Waals surface area contributed by atoms with Crippen molar-refractivity contribution in [2.45, 2.75) is 19.9 Å². The zero-order valence-electron chi connectivity index (χ0n) is 15.4. The predicted octanol–water partition coefficient (Wildman–Crippen LogP) is 2.87. The van der Waals surface area contributed by atoms with Crippen molar-refractivity contribution in [1.82, 2.24) is 20.1 Å². The van der Waals surface area contributed by atoms with E-state index in [-0.39, 0.29) is 17.9 Å². The summed E-state index contributed by atoms with van der Waals surface area (Å²) in [6, 6.07) is 11.7. The quantitative estimate of drug-likeness (QED) is 0.729. The van der Waals surface area contributed by atoms with Gasteiger partial charge in [-0.25, -0.2) is 0 Å². The Labute approximate surface area is 157 Å². The van der Waals surface area contributed by atoms with Gasteiger partial charge in [-0.1, -0.05) is 6.07 Å². The largest absolute Gasteiger partial charge is 0.345 e. The number of nitrogens with one attached hydrogen (secondary N) is 2. The number of amides is 2. The maximum Gasteiger partial charge on any atom is 0.274 e. The van der Waals surface area contributed by atoms with Gasteiger partial charge in [0.15, 0.2) is 0 Å². The van der Waals surface area contributed by atoms with Gasteiger partial charge in [0.25, 0.3) is 11.8 Å². The Morgan fingerprint density at radius 2 is 1.81 bits per heavy atom. The van der Waals surface area contributed by atoms with Gasteiger partial charge in [-0.3, -0.25) is 19.3 Å². The monoisotopic (exact) mass is 363 g/mol. The van der Waals surface area contributed by atoms with Crippen LogP contribution in [0.2, 0.25) is 0 Å². The number of hydrogen-bond donors (Lipinski definition) is 2. The number of rotatable bonds is 5. The number of nitrogens with zero attached hydrogens (tertiary/aromatic N) is 3. The highest BCUT2D eigenvalue weighted by molar-refractivity contribution is 6.03. The molecular formula is C20H21N5O2. The normalized spacial score (nSPS) is 11.7. The standard InChI is InChI=1S/C20H21N5O2/c1-13(17-12-22-25(3)14(17)2)23-19(26)15-7-9-16(10-8-15)24-20(27)18-6-4-5-11-21-18/h4-13H,1-3H3,(H,23,26)(H,24,27)/t13-/m0/s1. The van der Waals surface area contributed by atoms with Gasteiger partial charge in [-0.2, -0.15) is 5.10 Å². The lowest BCUT2D eigenvalue weighted by molar-refractivity contribution is 0.0939. The molecule has 3 aromatic rings. The highest BCUT2D eigenvalue weighted by atomic mass is 16.2. The SMILES string of the molecule is Cc1c([C@H](C)NC(=O)c2ccc(NC(=O)c3ccccn3)cc2)cnn1C. The summed E-state index contributed by atoms with van der Waals surface area (Å²) in [7, 11) is 1.87. The van der Waals surface area contributed by atoms with Crippen LogP contribution in [0.4, 0.5) is 5.69 Å². The third kappa shape index (κ3) is 4.20. The molecule has 0 aliphatic carbocycles. The van der Waals surface area contributed by atoms with Gasteiger partial charge < -0.3 is 10.6 Å². The molecule has 7 heteroatoms. The summed E-state index contributed by atoms with van der Waals surface area (Å²) in [5.74, 6) is -0.484. The van der Waals surface area contributed by atoms with Crippen LogP contribution >= 0.6 is 0 Å². The molecule has 0 fully saturated rings. The second-order valence-corrected chi connectivity index (χ2v) is 6.25. The number of carbonyl (C=O) groups excluding carboxylic acids is 2. The first-order valence-electron chi connectivity index (χ1n) is 8.57. The van der Waals surface area contributed by atoms with Crippen LogP contribution in [0.1, 0.15) is 45.1 Å². The molecule has 2 N–H and O–H groups in total. The van der Waals surface area contributed by atoms with E-state index in [9.17, 15) is 9.59 Å². The first-order chi connectivity index (χ1) is 13.0. The molecule has 1 aromatic carbocycles. The average molecular weight is 363 g/mol. The van der Waals surface area contributed by atoms with Crippen molar-refractivity contribution in [1.29, 1.82) is 0 Å². The van der Waals surface area contributed by atoms with Crippen molar-refractivity contribution in [3.63, 3.8) is 0 Å². The van der Waals surface area contributed by atoms with Crippen molar-refractivity contribution in [2.24, 2.45) is 7.05 Å². The Hall–Kier alpha value is -3.48. The van der Waals surface area contributed by atoms with E-state index in [2.05, 4.69) is 20.7 Å². The number of hydrogen-bond acceptors (Lipinski definition) is 4. The smallest absolute Gasteiger partial charge is 0.274 e. The fraction of sp³-hybridized carbons (Fsp3) is 0.200. The number of aromatic nitrogens is 3. The first kappa shape index (κ1) is 18.3. The molecule has 2 heterocycles. The summed E-state index contributed by atoms with van der Waals surface area (Å²) >= 11 is 0. The maximum absolute atomic E-state index is 12.5. The molecule has 0 bridgehead atoms. The molecule has 0 saturated heterocycles. The number of carbonyl (C=O) groups is 2. The van der Waals surface area contributed by atoms with Crippen LogP contribution in [0.3, 0.4) is 0 Å². The number of pyridine rings is 1. The van der Waals surface area contributed by atoms with Gasteiger partial charge in [0.1, 0.15) is 5.69 Å². The van der Waals surface area contributed by atoms with E-state index in [4.69, 9.17) is 0 Å². The average Bonchev–Trinajstić information content (AvgIpc) is 3.02.